The summed E-state index contributed by atoms with van der Waals surface area (Å²) in [6, 6.07) is 107. The van der Waals surface area contributed by atoms with Gasteiger partial charge in [-0.25, -0.2) is 0 Å². The van der Waals surface area contributed by atoms with Crippen molar-refractivity contribution in [1.29, 1.82) is 0 Å². The lowest BCUT2D eigenvalue weighted by molar-refractivity contribution is 1.16. The quantitative estimate of drug-likeness (QED) is 0.117. The minimum atomic E-state index is -0.0445. The van der Waals surface area contributed by atoms with E-state index in [1.807, 2.05) is 0 Å². The predicted molar refractivity (Wildman–Crippen MR) is 429 cm³/mol. The van der Waals surface area contributed by atoms with E-state index in [0.29, 0.717) is 0 Å². The molecule has 100 heavy (non-hydrogen) atoms. The summed E-state index contributed by atoms with van der Waals surface area (Å²) in [5, 5.41) is 18.1. The lowest BCUT2D eigenvalue weighted by atomic mass is 9.36. The first kappa shape index (κ1) is 56.0. The van der Waals surface area contributed by atoms with Gasteiger partial charge < -0.3 is 18.3 Å². The van der Waals surface area contributed by atoms with E-state index >= 15 is 0 Å². The molecule has 0 radical (unpaired) electrons. The number of fused-ring (bicyclic) bond motifs is 20. The predicted octanol–water partition coefficient (Wildman–Crippen LogP) is 19.8. The molecule has 0 saturated heterocycles. The number of benzene rings is 16. The number of aryl methyl sites for hydroxylation is 6. The maximum Gasteiger partial charge on any atom is 0.244 e. The highest BCUT2D eigenvalue weighted by atomic mass is 15.0. The van der Waals surface area contributed by atoms with E-state index in [4.69, 9.17) is 0 Å². The first-order valence-electron chi connectivity index (χ1n) is 35.4. The second kappa shape index (κ2) is 20.3. The van der Waals surface area contributed by atoms with Gasteiger partial charge in [0.2, 0.25) is 13.4 Å². The van der Waals surface area contributed by atoms with Gasteiger partial charge in [0.25, 0.3) is 0 Å². The summed E-state index contributed by atoms with van der Waals surface area (Å²) >= 11 is 0. The normalized spacial score (nSPS) is 12.9. The van der Waals surface area contributed by atoms with Crippen LogP contribution in [0.3, 0.4) is 0 Å². The standard InChI is InChI=1S/C94H64B2N4/c1-53-43-61(97-79-31-15-7-23-65(79)66-24-8-16-32-80(66)97)44-54(2)89(53)95-91-57(5)47-63(99-83-35-19-11-27-69(83)70-28-12-20-36-84(70)99)51-77(91)75-49-59-40-42-74-88-60(39-41-73(87(59)88)93(75)95)50-76-78-52-64(100-85-37-21-13-29-71(85)72-30-14-22-38-86(72)100)48-58(6)92(78)96(94(74)76)90-55(3)45-62(46-56(90)4)98-81-33-17-9-25-67(81)68-26-10-18-34-82(68)98/h7-52H,1-6H3. The van der Waals surface area contributed by atoms with E-state index in [2.05, 4.69) is 339 Å². The number of aromatic nitrogens is 4. The highest BCUT2D eigenvalue weighted by Crippen LogP contribution is 2.45. The van der Waals surface area contributed by atoms with Gasteiger partial charge in [0.05, 0.1) is 44.1 Å². The van der Waals surface area contributed by atoms with Gasteiger partial charge in [-0.05, 0) is 205 Å². The van der Waals surface area contributed by atoms with Crippen molar-refractivity contribution in [2.75, 3.05) is 0 Å². The van der Waals surface area contributed by atoms with Crippen LogP contribution in [0.25, 0.3) is 165 Å². The van der Waals surface area contributed by atoms with Crippen LogP contribution in [0, 0.1) is 41.5 Å². The molecule has 466 valence electrons. The number of para-hydroxylation sites is 8. The van der Waals surface area contributed by atoms with Crippen LogP contribution in [0.4, 0.5) is 0 Å². The Balaban J connectivity index is 0.807. The number of nitrogens with zero attached hydrogens (tertiary/aromatic N) is 4. The van der Waals surface area contributed by atoms with Crippen LogP contribution in [-0.2, 0) is 0 Å². The van der Waals surface area contributed by atoms with Crippen molar-refractivity contribution in [1.82, 2.24) is 18.3 Å². The largest absolute Gasteiger partial charge is 0.309 e. The molecule has 4 nitrogen and oxygen atoms in total. The fourth-order valence-electron chi connectivity index (χ4n) is 19.8. The SMILES string of the molecule is Cc1cc(-n2c3ccccc3c3ccccc32)cc(C)c1B1c2c(C)cc(-n3c4ccccc4c4ccccc43)cc2-c2cc3ccc4c5c(cc6ccc(c21)c3c64)-c1cc(-n2c3ccccc3c3ccccc32)cc(C)c1B5c1c(C)cc(-n2c3ccccc3c3ccccc32)cc1C. The molecule has 20 aromatic rings. The van der Waals surface area contributed by atoms with Crippen LogP contribution in [0.2, 0.25) is 0 Å². The topological polar surface area (TPSA) is 19.7 Å². The van der Waals surface area contributed by atoms with Crippen molar-refractivity contribution in [2.24, 2.45) is 0 Å². The van der Waals surface area contributed by atoms with Crippen molar-refractivity contribution in [3.63, 3.8) is 0 Å². The maximum atomic E-state index is 2.59. The van der Waals surface area contributed by atoms with E-state index in [0.717, 1.165) is 0 Å². The minimum Gasteiger partial charge on any atom is -0.309 e. The Morgan fingerprint density at radius 2 is 0.400 bits per heavy atom. The molecule has 2 aliphatic heterocycles. The van der Waals surface area contributed by atoms with Gasteiger partial charge in [-0.1, -0.05) is 236 Å². The van der Waals surface area contributed by atoms with E-state index in [1.54, 1.807) is 0 Å². The molecular formula is C94H64B2N4. The van der Waals surface area contributed by atoms with Crippen LogP contribution < -0.4 is 32.8 Å². The lowest BCUT2D eigenvalue weighted by Crippen LogP contribution is -2.52. The van der Waals surface area contributed by atoms with E-state index in [1.165, 1.54) is 231 Å². The lowest BCUT2D eigenvalue weighted by Gasteiger charge is -2.24. The first-order chi connectivity index (χ1) is 49.1. The molecule has 0 saturated carbocycles. The van der Waals surface area contributed by atoms with Crippen molar-refractivity contribution in [3.05, 3.63) is 312 Å². The molecule has 0 spiro atoms. The summed E-state index contributed by atoms with van der Waals surface area (Å²) in [6.07, 6.45) is 0. The fraction of sp³-hybridized carbons (Fsp3) is 0.0638. The Hall–Kier alpha value is -12.1. The minimum absolute atomic E-state index is 0.0445. The molecule has 6 heteroatoms. The molecule has 0 amide bonds. The molecule has 6 heterocycles. The summed E-state index contributed by atoms with van der Waals surface area (Å²) in [7, 11) is 0. The van der Waals surface area contributed by atoms with Crippen LogP contribution in [0.5, 0.6) is 0 Å². The number of hydrogen-bond acceptors (Lipinski definition) is 0. The molecule has 0 aliphatic carbocycles. The first-order valence-corrected chi connectivity index (χ1v) is 35.4. The molecule has 2 aliphatic rings. The third-order valence-corrected chi connectivity index (χ3v) is 23.6. The molecule has 22 rings (SSSR count). The van der Waals surface area contributed by atoms with Crippen molar-refractivity contribution < 1.29 is 0 Å². The van der Waals surface area contributed by atoms with Gasteiger partial charge in [0.1, 0.15) is 0 Å². The van der Waals surface area contributed by atoms with Crippen LogP contribution in [0.1, 0.15) is 33.4 Å². The summed E-state index contributed by atoms with van der Waals surface area (Å²) in [5.41, 5.74) is 35.9. The second-order valence-corrected chi connectivity index (χ2v) is 28.9. The summed E-state index contributed by atoms with van der Waals surface area (Å²) in [6.45, 7) is 14.2. The number of rotatable bonds is 6. The molecular weight excluding hydrogens is 1210 g/mol. The van der Waals surface area contributed by atoms with Gasteiger partial charge in [-0.15, -0.1) is 0 Å². The van der Waals surface area contributed by atoms with Gasteiger partial charge in [0.15, 0.2) is 0 Å². The van der Waals surface area contributed by atoms with E-state index in [-0.39, 0.29) is 13.4 Å². The maximum absolute atomic E-state index is 2.59. The van der Waals surface area contributed by atoms with Gasteiger partial charge >= 0.3 is 0 Å². The number of hydrogen-bond donors (Lipinski definition) is 0. The van der Waals surface area contributed by atoms with Crippen LogP contribution in [0.15, 0.2) is 279 Å². The van der Waals surface area contributed by atoms with Gasteiger partial charge in [-0.3, -0.25) is 0 Å². The van der Waals surface area contributed by atoms with E-state index < -0.39 is 0 Å². The molecule has 16 aromatic carbocycles. The average Bonchev–Trinajstić information content (AvgIpc) is 1.45. The zero-order chi connectivity index (χ0) is 66.2. The van der Waals surface area contributed by atoms with E-state index in [9.17, 15) is 0 Å². The molecule has 0 N–H and O–H groups in total. The molecule has 0 fully saturated rings. The third kappa shape index (κ3) is 7.37. The van der Waals surface area contributed by atoms with Crippen LogP contribution in [-0.4, -0.2) is 31.7 Å². The fourth-order valence-corrected chi connectivity index (χ4v) is 19.8. The van der Waals surface area contributed by atoms with Crippen molar-refractivity contribution in [2.45, 2.75) is 41.5 Å². The zero-order valence-electron chi connectivity index (χ0n) is 56.5. The van der Waals surface area contributed by atoms with Crippen molar-refractivity contribution in [3.8, 4) is 45.0 Å². The third-order valence-electron chi connectivity index (χ3n) is 23.6. The highest BCUT2D eigenvalue weighted by molar-refractivity contribution is 7.02. The van der Waals surface area contributed by atoms with Crippen LogP contribution >= 0.6 is 0 Å². The summed E-state index contributed by atoms with van der Waals surface area (Å²) in [4.78, 5) is 0. The Bertz CT molecular complexity index is 6380. The Morgan fingerprint density at radius 1 is 0.190 bits per heavy atom. The summed E-state index contributed by atoms with van der Waals surface area (Å²) < 4.78 is 10.00. The molecule has 4 aromatic heterocycles. The second-order valence-electron chi connectivity index (χ2n) is 28.9. The van der Waals surface area contributed by atoms with Gasteiger partial charge in [-0.2, -0.15) is 0 Å². The summed E-state index contributed by atoms with van der Waals surface area (Å²) in [5.74, 6) is 0. The molecule has 0 unspecified atom stereocenters. The highest BCUT2D eigenvalue weighted by Gasteiger charge is 2.42. The Labute approximate surface area is 579 Å². The molecule has 0 atom stereocenters. The Kier molecular flexibility index (Phi) is 11.3. The van der Waals surface area contributed by atoms with Crippen molar-refractivity contribution >= 4 is 166 Å². The monoisotopic (exact) mass is 1270 g/mol. The zero-order valence-corrected chi connectivity index (χ0v) is 56.5. The van der Waals surface area contributed by atoms with Gasteiger partial charge in [0, 0.05) is 65.8 Å². The average molecular weight is 1270 g/mol. The smallest absolute Gasteiger partial charge is 0.244 e. The Morgan fingerprint density at radius 3 is 0.650 bits per heavy atom. The molecule has 0 bridgehead atoms.